The fourth-order valence-electron chi connectivity index (χ4n) is 2.09. The monoisotopic (exact) mass is 364 g/mol. The first-order chi connectivity index (χ1) is 12.3. The van der Waals surface area contributed by atoms with Gasteiger partial charge >= 0.3 is 6.03 Å². The highest BCUT2D eigenvalue weighted by Crippen LogP contribution is 2.16. The quantitative estimate of drug-likeness (QED) is 0.616. The Kier molecular flexibility index (Phi) is 9.14. The van der Waals surface area contributed by atoms with E-state index in [4.69, 9.17) is 4.74 Å². The molecule has 0 saturated carbocycles. The minimum atomic E-state index is -0.527. The topological polar surface area (TPSA) is 99.8 Å². The van der Waals surface area contributed by atoms with Crippen LogP contribution in [0.15, 0.2) is 24.3 Å². The molecular formula is C18H28N4O4. The van der Waals surface area contributed by atoms with Crippen LogP contribution in [0.1, 0.15) is 20.8 Å². The highest BCUT2D eigenvalue weighted by atomic mass is 16.5. The Hall–Kier alpha value is -2.61. The van der Waals surface area contributed by atoms with Gasteiger partial charge in [0.15, 0.2) is 0 Å². The van der Waals surface area contributed by atoms with E-state index in [1.807, 2.05) is 20.8 Å². The first-order valence-corrected chi connectivity index (χ1v) is 8.58. The molecule has 0 spiro atoms. The summed E-state index contributed by atoms with van der Waals surface area (Å²) in [6, 6.07) is 6.49. The molecule has 0 aromatic heterocycles. The molecule has 1 rings (SSSR count). The molecule has 4 amide bonds. The number of nitrogens with zero attached hydrogens (tertiary/aromatic N) is 1. The van der Waals surface area contributed by atoms with Gasteiger partial charge in [0, 0.05) is 18.3 Å². The summed E-state index contributed by atoms with van der Waals surface area (Å²) in [7, 11) is 1.55. The maximum Gasteiger partial charge on any atom is 0.321 e. The molecule has 0 aliphatic rings. The summed E-state index contributed by atoms with van der Waals surface area (Å²) in [5, 5.41) is 7.62. The lowest BCUT2D eigenvalue weighted by Gasteiger charge is -2.19. The second kappa shape index (κ2) is 11.1. The number of anilines is 1. The Morgan fingerprint density at radius 3 is 2.46 bits per heavy atom. The lowest BCUT2D eigenvalue weighted by atomic mass is 10.2. The second-order valence-corrected chi connectivity index (χ2v) is 6.24. The summed E-state index contributed by atoms with van der Waals surface area (Å²) in [6.45, 7) is 6.73. The van der Waals surface area contributed by atoms with Crippen LogP contribution in [0.25, 0.3) is 0 Å². The van der Waals surface area contributed by atoms with Crippen LogP contribution in [0, 0.1) is 5.92 Å². The molecule has 8 nitrogen and oxygen atoms in total. The van der Waals surface area contributed by atoms with Crippen LogP contribution in [0.5, 0.6) is 5.75 Å². The van der Waals surface area contributed by atoms with Crippen LogP contribution >= 0.6 is 0 Å². The van der Waals surface area contributed by atoms with Gasteiger partial charge in [-0.05, 0) is 24.6 Å². The molecule has 0 heterocycles. The van der Waals surface area contributed by atoms with E-state index in [0.717, 1.165) is 0 Å². The van der Waals surface area contributed by atoms with Crippen molar-refractivity contribution in [2.24, 2.45) is 5.92 Å². The Morgan fingerprint density at radius 1 is 1.15 bits per heavy atom. The number of likely N-dealkylation sites (N-methyl/N-ethyl adjacent to an activating group) is 1. The minimum Gasteiger partial charge on any atom is -0.497 e. The largest absolute Gasteiger partial charge is 0.497 e. The smallest absolute Gasteiger partial charge is 0.321 e. The summed E-state index contributed by atoms with van der Waals surface area (Å²) in [4.78, 5) is 37.3. The van der Waals surface area contributed by atoms with Crippen LogP contribution in [0.2, 0.25) is 0 Å². The van der Waals surface area contributed by atoms with Crippen molar-refractivity contribution >= 4 is 23.5 Å². The van der Waals surface area contributed by atoms with Gasteiger partial charge in [0.25, 0.3) is 0 Å². The number of methoxy groups -OCH3 is 1. The number of rotatable bonds is 9. The SMILES string of the molecule is CCN(CC(=O)NC(=O)NCC(C)C)CC(=O)Nc1cccc(OC)c1. The number of urea groups is 1. The molecule has 0 atom stereocenters. The van der Waals surface area contributed by atoms with Gasteiger partial charge in [0.1, 0.15) is 5.75 Å². The maximum absolute atomic E-state index is 12.2. The molecule has 26 heavy (non-hydrogen) atoms. The van der Waals surface area contributed by atoms with Gasteiger partial charge in [-0.25, -0.2) is 4.79 Å². The molecule has 0 saturated heterocycles. The average molecular weight is 364 g/mol. The number of hydrogen-bond acceptors (Lipinski definition) is 5. The van der Waals surface area contributed by atoms with Crippen molar-refractivity contribution in [3.05, 3.63) is 24.3 Å². The number of hydrogen-bond donors (Lipinski definition) is 3. The first kappa shape index (κ1) is 21.4. The fourth-order valence-corrected chi connectivity index (χ4v) is 2.09. The predicted octanol–water partition coefficient (Wildman–Crippen LogP) is 1.44. The van der Waals surface area contributed by atoms with Gasteiger partial charge in [-0.1, -0.05) is 26.8 Å². The van der Waals surface area contributed by atoms with Crippen molar-refractivity contribution in [1.82, 2.24) is 15.5 Å². The lowest BCUT2D eigenvalue weighted by molar-refractivity contribution is -0.122. The molecular weight excluding hydrogens is 336 g/mol. The maximum atomic E-state index is 12.2. The third-order valence-corrected chi connectivity index (χ3v) is 3.46. The molecule has 1 aromatic carbocycles. The molecule has 3 N–H and O–H groups in total. The molecule has 144 valence electrons. The van der Waals surface area contributed by atoms with Crippen molar-refractivity contribution in [2.45, 2.75) is 20.8 Å². The zero-order valence-corrected chi connectivity index (χ0v) is 15.8. The standard InChI is InChI=1S/C18H28N4O4/c1-5-22(12-17(24)21-18(25)19-10-13(2)3)11-16(23)20-14-7-6-8-15(9-14)26-4/h6-9,13H,5,10-12H2,1-4H3,(H,20,23)(H2,19,21,24,25). The number of nitrogens with one attached hydrogen (secondary N) is 3. The predicted molar refractivity (Wildman–Crippen MR) is 100 cm³/mol. The third kappa shape index (κ3) is 8.48. The summed E-state index contributed by atoms with van der Waals surface area (Å²) in [5.74, 6) is 0.227. The average Bonchev–Trinajstić information content (AvgIpc) is 2.59. The summed E-state index contributed by atoms with van der Waals surface area (Å²) >= 11 is 0. The van der Waals surface area contributed by atoms with Gasteiger partial charge in [0.2, 0.25) is 11.8 Å². The van der Waals surface area contributed by atoms with Gasteiger partial charge < -0.3 is 15.4 Å². The van der Waals surface area contributed by atoms with Crippen molar-refractivity contribution in [3.8, 4) is 5.75 Å². The second-order valence-electron chi connectivity index (χ2n) is 6.24. The molecule has 0 bridgehead atoms. The minimum absolute atomic E-state index is 0.0365. The summed E-state index contributed by atoms with van der Waals surface area (Å²) in [6.07, 6.45) is 0. The van der Waals surface area contributed by atoms with Crippen molar-refractivity contribution in [1.29, 1.82) is 0 Å². The Balaban J connectivity index is 2.46. The van der Waals surface area contributed by atoms with E-state index in [-0.39, 0.29) is 19.0 Å². The number of imide groups is 1. The van der Waals surface area contributed by atoms with Gasteiger partial charge in [0.05, 0.1) is 20.2 Å². The Morgan fingerprint density at radius 2 is 1.85 bits per heavy atom. The van der Waals surface area contributed by atoms with Gasteiger partial charge in [-0.2, -0.15) is 0 Å². The highest BCUT2D eigenvalue weighted by molar-refractivity contribution is 5.96. The van der Waals surface area contributed by atoms with E-state index in [1.165, 1.54) is 0 Å². The van der Waals surface area contributed by atoms with E-state index in [0.29, 0.717) is 30.4 Å². The van der Waals surface area contributed by atoms with Gasteiger partial charge in [-0.3, -0.25) is 19.8 Å². The summed E-state index contributed by atoms with van der Waals surface area (Å²) < 4.78 is 5.11. The number of ether oxygens (including phenoxy) is 1. The van der Waals surface area contributed by atoms with E-state index in [9.17, 15) is 14.4 Å². The molecule has 0 unspecified atom stereocenters. The zero-order valence-electron chi connectivity index (χ0n) is 15.8. The number of amides is 4. The van der Waals surface area contributed by atoms with Crippen LogP contribution in [-0.4, -0.2) is 56.0 Å². The molecule has 8 heteroatoms. The van der Waals surface area contributed by atoms with Crippen molar-refractivity contribution < 1.29 is 19.1 Å². The zero-order chi connectivity index (χ0) is 19.5. The van der Waals surface area contributed by atoms with Crippen LogP contribution < -0.4 is 20.7 Å². The van der Waals surface area contributed by atoms with Crippen LogP contribution in [0.3, 0.4) is 0 Å². The number of carbonyl (C=O) groups is 3. The molecule has 0 aliphatic carbocycles. The number of benzene rings is 1. The number of carbonyl (C=O) groups excluding carboxylic acids is 3. The van der Waals surface area contributed by atoms with E-state index in [1.54, 1.807) is 36.3 Å². The van der Waals surface area contributed by atoms with Crippen LogP contribution in [0.4, 0.5) is 10.5 Å². The normalized spacial score (nSPS) is 10.5. The fraction of sp³-hybridized carbons (Fsp3) is 0.500. The van der Waals surface area contributed by atoms with Crippen molar-refractivity contribution in [3.63, 3.8) is 0 Å². The van der Waals surface area contributed by atoms with E-state index >= 15 is 0 Å². The Labute approximate surface area is 154 Å². The molecule has 0 fully saturated rings. The van der Waals surface area contributed by atoms with Crippen molar-refractivity contribution in [2.75, 3.05) is 38.6 Å². The molecule has 0 radical (unpaired) electrons. The van der Waals surface area contributed by atoms with E-state index < -0.39 is 11.9 Å². The first-order valence-electron chi connectivity index (χ1n) is 8.58. The highest BCUT2D eigenvalue weighted by Gasteiger charge is 2.15. The lowest BCUT2D eigenvalue weighted by Crippen LogP contribution is -2.46. The van der Waals surface area contributed by atoms with E-state index in [2.05, 4.69) is 16.0 Å². The third-order valence-electron chi connectivity index (χ3n) is 3.46. The van der Waals surface area contributed by atoms with Gasteiger partial charge in [-0.15, -0.1) is 0 Å². The summed E-state index contributed by atoms with van der Waals surface area (Å²) in [5.41, 5.74) is 0.614. The molecule has 0 aliphatic heterocycles. The molecule has 1 aromatic rings. The Bertz CT molecular complexity index is 619. The van der Waals surface area contributed by atoms with Crippen LogP contribution in [-0.2, 0) is 9.59 Å².